The lowest BCUT2D eigenvalue weighted by molar-refractivity contribution is -0.144. The average molecular weight is 262 g/mol. The number of carbonyl (C=O) groups excluding carboxylic acids is 2. The Balaban J connectivity index is 1.91. The van der Waals surface area contributed by atoms with Crippen molar-refractivity contribution in [2.75, 3.05) is 18.0 Å². The monoisotopic (exact) mass is 262 g/mol. The number of anilines is 1. The third-order valence-electron chi connectivity index (χ3n) is 3.79. The maximum atomic E-state index is 13.2. The molecular formula is C14H15FN2O2. The maximum absolute atomic E-state index is 13.2. The zero-order valence-corrected chi connectivity index (χ0v) is 10.5. The van der Waals surface area contributed by atoms with Gasteiger partial charge in [-0.2, -0.15) is 0 Å². The molecule has 2 aliphatic heterocycles. The van der Waals surface area contributed by atoms with Gasteiger partial charge in [-0.05, 0) is 37.5 Å². The van der Waals surface area contributed by atoms with E-state index < -0.39 is 5.82 Å². The normalized spacial score (nSPS) is 23.5. The number of carbonyl (C=O) groups is 2. The van der Waals surface area contributed by atoms with Crippen molar-refractivity contribution in [2.45, 2.75) is 25.3 Å². The predicted octanol–water partition coefficient (Wildman–Crippen LogP) is 1.55. The van der Waals surface area contributed by atoms with Crippen LogP contribution in [-0.4, -0.2) is 35.8 Å². The van der Waals surface area contributed by atoms with Crippen LogP contribution in [0.5, 0.6) is 0 Å². The molecule has 0 aliphatic carbocycles. The second-order valence-corrected chi connectivity index (χ2v) is 5.00. The number of hydrogen-bond acceptors (Lipinski definition) is 2. The van der Waals surface area contributed by atoms with Crippen molar-refractivity contribution in [1.82, 2.24) is 4.90 Å². The highest BCUT2D eigenvalue weighted by Crippen LogP contribution is 2.27. The molecule has 0 bridgehead atoms. The molecule has 2 amide bonds. The third-order valence-corrected chi connectivity index (χ3v) is 3.79. The maximum Gasteiger partial charge on any atom is 0.250 e. The smallest absolute Gasteiger partial charge is 0.250 e. The number of fused-ring (bicyclic) bond motifs is 1. The minimum Gasteiger partial charge on any atom is -0.329 e. The minimum absolute atomic E-state index is 0.0127. The zero-order valence-electron chi connectivity index (χ0n) is 10.5. The molecule has 2 heterocycles. The molecule has 1 atom stereocenters. The summed E-state index contributed by atoms with van der Waals surface area (Å²) in [7, 11) is 0. The van der Waals surface area contributed by atoms with Crippen molar-refractivity contribution in [3.63, 3.8) is 0 Å². The second kappa shape index (κ2) is 4.64. The highest BCUT2D eigenvalue weighted by molar-refractivity contribution is 6.06. The third kappa shape index (κ3) is 2.09. The molecule has 2 saturated heterocycles. The van der Waals surface area contributed by atoms with Gasteiger partial charge in [-0.15, -0.1) is 0 Å². The van der Waals surface area contributed by atoms with E-state index in [1.165, 1.54) is 17.0 Å². The van der Waals surface area contributed by atoms with Crippen LogP contribution < -0.4 is 4.90 Å². The molecule has 1 aromatic rings. The van der Waals surface area contributed by atoms with E-state index in [-0.39, 0.29) is 24.4 Å². The molecule has 5 heteroatoms. The first-order valence-corrected chi connectivity index (χ1v) is 6.53. The summed E-state index contributed by atoms with van der Waals surface area (Å²) in [5, 5.41) is 0. The van der Waals surface area contributed by atoms with Crippen LogP contribution in [0, 0.1) is 5.82 Å². The van der Waals surface area contributed by atoms with Gasteiger partial charge < -0.3 is 9.80 Å². The Morgan fingerprint density at radius 1 is 1.21 bits per heavy atom. The number of amides is 2. The summed E-state index contributed by atoms with van der Waals surface area (Å²) in [4.78, 5) is 27.6. The van der Waals surface area contributed by atoms with Gasteiger partial charge >= 0.3 is 0 Å². The van der Waals surface area contributed by atoms with Crippen molar-refractivity contribution in [2.24, 2.45) is 0 Å². The van der Waals surface area contributed by atoms with E-state index in [1.807, 2.05) is 0 Å². The summed E-state index contributed by atoms with van der Waals surface area (Å²) >= 11 is 0. The van der Waals surface area contributed by atoms with E-state index in [1.54, 1.807) is 17.0 Å². The summed E-state index contributed by atoms with van der Waals surface area (Å²) in [6, 6.07) is 5.47. The molecule has 2 fully saturated rings. The molecule has 0 saturated carbocycles. The van der Waals surface area contributed by atoms with Crippen LogP contribution >= 0.6 is 0 Å². The Morgan fingerprint density at radius 3 is 2.84 bits per heavy atom. The highest BCUT2D eigenvalue weighted by Gasteiger charge is 2.40. The van der Waals surface area contributed by atoms with E-state index in [0.717, 1.165) is 12.8 Å². The number of benzene rings is 1. The number of rotatable bonds is 1. The topological polar surface area (TPSA) is 40.6 Å². The van der Waals surface area contributed by atoms with Gasteiger partial charge in [0, 0.05) is 12.2 Å². The van der Waals surface area contributed by atoms with Crippen molar-refractivity contribution >= 4 is 17.5 Å². The average Bonchev–Trinajstić information content (AvgIpc) is 2.43. The van der Waals surface area contributed by atoms with E-state index in [0.29, 0.717) is 18.7 Å². The van der Waals surface area contributed by atoms with E-state index in [9.17, 15) is 14.0 Å². The molecule has 0 aromatic heterocycles. The Bertz CT molecular complexity index is 532. The number of piperidine rings is 1. The number of hydrogen-bond donors (Lipinski definition) is 0. The largest absolute Gasteiger partial charge is 0.329 e. The van der Waals surface area contributed by atoms with Crippen LogP contribution in [0.2, 0.25) is 0 Å². The van der Waals surface area contributed by atoms with Crippen molar-refractivity contribution in [1.29, 1.82) is 0 Å². The zero-order chi connectivity index (χ0) is 13.4. The van der Waals surface area contributed by atoms with Crippen LogP contribution in [0.3, 0.4) is 0 Å². The van der Waals surface area contributed by atoms with Crippen molar-refractivity contribution < 1.29 is 14.0 Å². The van der Waals surface area contributed by atoms with E-state index in [2.05, 4.69) is 0 Å². The van der Waals surface area contributed by atoms with Crippen LogP contribution in [0.4, 0.5) is 10.1 Å². The minimum atomic E-state index is -0.399. The molecular weight excluding hydrogens is 247 g/mol. The summed E-state index contributed by atoms with van der Waals surface area (Å²) in [6.07, 6.45) is 2.61. The Labute approximate surface area is 110 Å². The molecule has 0 N–H and O–H groups in total. The fraction of sp³-hybridized carbons (Fsp3) is 0.429. The number of halogens is 1. The SMILES string of the molecule is O=C1C2CCCCN2C(=O)CN1c1cccc(F)c1. The molecule has 1 aromatic carbocycles. The molecule has 100 valence electrons. The first-order valence-electron chi connectivity index (χ1n) is 6.53. The molecule has 0 spiro atoms. The van der Waals surface area contributed by atoms with Crippen LogP contribution in [0.25, 0.3) is 0 Å². The van der Waals surface area contributed by atoms with Gasteiger partial charge in [0.05, 0.1) is 0 Å². The Hall–Kier alpha value is -1.91. The van der Waals surface area contributed by atoms with Crippen LogP contribution in [-0.2, 0) is 9.59 Å². The lowest BCUT2D eigenvalue weighted by Crippen LogP contribution is -2.61. The van der Waals surface area contributed by atoms with Gasteiger partial charge in [-0.3, -0.25) is 9.59 Å². The van der Waals surface area contributed by atoms with Crippen LogP contribution in [0.15, 0.2) is 24.3 Å². The fourth-order valence-corrected chi connectivity index (χ4v) is 2.83. The lowest BCUT2D eigenvalue weighted by Gasteiger charge is -2.42. The first kappa shape index (κ1) is 12.1. The molecule has 0 radical (unpaired) electrons. The second-order valence-electron chi connectivity index (χ2n) is 5.00. The van der Waals surface area contributed by atoms with Gasteiger partial charge in [0.15, 0.2) is 0 Å². The lowest BCUT2D eigenvalue weighted by atomic mass is 9.98. The van der Waals surface area contributed by atoms with Crippen LogP contribution in [0.1, 0.15) is 19.3 Å². The van der Waals surface area contributed by atoms with E-state index in [4.69, 9.17) is 0 Å². The molecule has 3 rings (SSSR count). The van der Waals surface area contributed by atoms with Gasteiger partial charge in [-0.1, -0.05) is 6.07 Å². The van der Waals surface area contributed by atoms with Gasteiger partial charge in [0.2, 0.25) is 11.8 Å². The van der Waals surface area contributed by atoms with Crippen molar-refractivity contribution in [3.8, 4) is 0 Å². The summed E-state index contributed by atoms with van der Waals surface area (Å²) in [5.74, 6) is -0.540. The predicted molar refractivity (Wildman–Crippen MR) is 68.1 cm³/mol. The Kier molecular flexibility index (Phi) is 2.97. The van der Waals surface area contributed by atoms with Gasteiger partial charge in [-0.25, -0.2) is 4.39 Å². The molecule has 19 heavy (non-hydrogen) atoms. The summed E-state index contributed by atoms with van der Waals surface area (Å²) < 4.78 is 13.2. The summed E-state index contributed by atoms with van der Waals surface area (Å²) in [6.45, 7) is 0.672. The van der Waals surface area contributed by atoms with E-state index >= 15 is 0 Å². The highest BCUT2D eigenvalue weighted by atomic mass is 19.1. The van der Waals surface area contributed by atoms with Crippen molar-refractivity contribution in [3.05, 3.63) is 30.1 Å². The quantitative estimate of drug-likeness (QED) is 0.770. The molecule has 1 unspecified atom stereocenters. The summed E-state index contributed by atoms with van der Waals surface area (Å²) in [5.41, 5.74) is 0.462. The number of piperazine rings is 1. The first-order chi connectivity index (χ1) is 9.16. The molecule has 2 aliphatic rings. The standard InChI is InChI=1S/C14H15FN2O2/c15-10-4-3-5-11(8-10)17-9-13(18)16-7-2-1-6-12(16)14(17)19/h3-5,8,12H,1-2,6-7,9H2. The molecule has 4 nitrogen and oxygen atoms in total. The fourth-order valence-electron chi connectivity index (χ4n) is 2.83. The number of nitrogens with zero attached hydrogens (tertiary/aromatic N) is 2. The Morgan fingerprint density at radius 2 is 2.05 bits per heavy atom. The van der Waals surface area contributed by atoms with Gasteiger partial charge in [0.1, 0.15) is 18.4 Å². The van der Waals surface area contributed by atoms with Gasteiger partial charge in [0.25, 0.3) is 0 Å².